The van der Waals surface area contributed by atoms with Crippen LogP contribution in [0.15, 0.2) is 60.7 Å². The number of nitrogens with one attached hydrogen (secondary N) is 1. The van der Waals surface area contributed by atoms with E-state index in [1.54, 1.807) is 4.68 Å². The zero-order valence-corrected chi connectivity index (χ0v) is 14.3. The Labute approximate surface area is 151 Å². The minimum absolute atomic E-state index is 0.0932. The van der Waals surface area contributed by atoms with Crippen molar-refractivity contribution in [2.45, 2.75) is 24.9 Å². The molecule has 1 fully saturated rings. The molecular formula is C20H20N4O2. The van der Waals surface area contributed by atoms with Gasteiger partial charge in [-0.25, -0.2) is 9.67 Å². The van der Waals surface area contributed by atoms with E-state index in [0.29, 0.717) is 18.7 Å². The maximum atomic E-state index is 12.5. The van der Waals surface area contributed by atoms with E-state index < -0.39 is 5.60 Å². The number of para-hydroxylation sites is 1. The summed E-state index contributed by atoms with van der Waals surface area (Å²) in [6.45, 7) is 0.229. The predicted octanol–water partition coefficient (Wildman–Crippen LogP) is 2.58. The summed E-state index contributed by atoms with van der Waals surface area (Å²) in [6, 6.07) is 19.2. The fourth-order valence-electron chi connectivity index (χ4n) is 3.02. The van der Waals surface area contributed by atoms with Crippen LogP contribution in [0.5, 0.6) is 0 Å². The highest BCUT2D eigenvalue weighted by Crippen LogP contribution is 2.30. The Morgan fingerprint density at radius 3 is 2.35 bits per heavy atom. The van der Waals surface area contributed by atoms with Gasteiger partial charge in [0.1, 0.15) is 0 Å². The van der Waals surface area contributed by atoms with E-state index in [-0.39, 0.29) is 18.3 Å². The SMILES string of the molecule is O=C(NCC1(O)CCC1)c1nc(-c2ccccc2)n(-c2ccccc2)n1. The minimum Gasteiger partial charge on any atom is -0.388 e. The molecule has 2 aromatic carbocycles. The maximum absolute atomic E-state index is 12.5. The van der Waals surface area contributed by atoms with Crippen molar-refractivity contribution in [3.63, 3.8) is 0 Å². The fraction of sp³-hybridized carbons (Fsp3) is 0.250. The number of carbonyl (C=O) groups is 1. The number of amides is 1. The zero-order valence-electron chi connectivity index (χ0n) is 14.3. The Morgan fingerprint density at radius 2 is 1.73 bits per heavy atom. The molecule has 0 aliphatic heterocycles. The van der Waals surface area contributed by atoms with Crippen LogP contribution >= 0.6 is 0 Å². The van der Waals surface area contributed by atoms with Crippen LogP contribution in [0.1, 0.15) is 29.9 Å². The van der Waals surface area contributed by atoms with Gasteiger partial charge in [0.2, 0.25) is 5.82 Å². The number of aliphatic hydroxyl groups is 1. The van der Waals surface area contributed by atoms with Crippen molar-refractivity contribution in [1.82, 2.24) is 20.1 Å². The van der Waals surface area contributed by atoms with Crippen LogP contribution in [0, 0.1) is 0 Å². The van der Waals surface area contributed by atoms with Gasteiger partial charge in [0.25, 0.3) is 5.91 Å². The third kappa shape index (κ3) is 3.23. The topological polar surface area (TPSA) is 80.0 Å². The van der Waals surface area contributed by atoms with Crippen molar-refractivity contribution in [3.05, 3.63) is 66.5 Å². The average Bonchev–Trinajstić information content (AvgIpc) is 3.11. The third-order valence-electron chi connectivity index (χ3n) is 4.71. The summed E-state index contributed by atoms with van der Waals surface area (Å²) in [7, 11) is 0. The number of hydrogen-bond acceptors (Lipinski definition) is 4. The smallest absolute Gasteiger partial charge is 0.291 e. The third-order valence-corrected chi connectivity index (χ3v) is 4.71. The first-order valence-corrected chi connectivity index (χ1v) is 8.73. The van der Waals surface area contributed by atoms with Gasteiger partial charge >= 0.3 is 0 Å². The van der Waals surface area contributed by atoms with Crippen LogP contribution in [0.4, 0.5) is 0 Å². The van der Waals surface area contributed by atoms with E-state index in [9.17, 15) is 9.90 Å². The van der Waals surface area contributed by atoms with Gasteiger partial charge in [0.15, 0.2) is 5.82 Å². The molecule has 0 spiro atoms. The summed E-state index contributed by atoms with van der Waals surface area (Å²) in [5.74, 6) is 0.317. The summed E-state index contributed by atoms with van der Waals surface area (Å²) in [4.78, 5) is 17.0. The van der Waals surface area contributed by atoms with Crippen LogP contribution in [-0.4, -0.2) is 37.9 Å². The summed E-state index contributed by atoms with van der Waals surface area (Å²) in [5.41, 5.74) is 0.927. The van der Waals surface area contributed by atoms with E-state index in [1.807, 2.05) is 60.7 Å². The maximum Gasteiger partial charge on any atom is 0.291 e. The Balaban J connectivity index is 1.66. The second-order valence-electron chi connectivity index (χ2n) is 6.63. The lowest BCUT2D eigenvalue weighted by Gasteiger charge is -2.36. The van der Waals surface area contributed by atoms with Gasteiger partial charge in [0.05, 0.1) is 11.3 Å². The molecule has 0 saturated heterocycles. The number of carbonyl (C=O) groups excluding carboxylic acids is 1. The highest BCUT2D eigenvalue weighted by Gasteiger charge is 2.35. The summed E-state index contributed by atoms with van der Waals surface area (Å²) in [6.07, 6.45) is 2.42. The quantitative estimate of drug-likeness (QED) is 0.743. The second kappa shape index (κ2) is 6.72. The molecule has 26 heavy (non-hydrogen) atoms. The Kier molecular flexibility index (Phi) is 4.26. The molecule has 6 heteroatoms. The zero-order chi connectivity index (χ0) is 18.0. The van der Waals surface area contributed by atoms with E-state index in [0.717, 1.165) is 17.7 Å². The standard InChI is InChI=1S/C20H20N4O2/c25-19(21-14-20(26)12-7-13-20)17-22-18(15-8-3-1-4-9-15)24(23-17)16-10-5-2-6-11-16/h1-6,8-11,26H,7,12-14H2,(H,21,25). The van der Waals surface area contributed by atoms with E-state index in [4.69, 9.17) is 0 Å². The monoisotopic (exact) mass is 348 g/mol. The molecule has 1 aromatic heterocycles. The van der Waals surface area contributed by atoms with Crippen LogP contribution in [0.25, 0.3) is 17.1 Å². The fourth-order valence-corrected chi connectivity index (χ4v) is 3.02. The summed E-state index contributed by atoms with van der Waals surface area (Å²) >= 11 is 0. The molecule has 1 heterocycles. The Hall–Kier alpha value is -2.99. The summed E-state index contributed by atoms with van der Waals surface area (Å²) in [5, 5.41) is 17.3. The van der Waals surface area contributed by atoms with Crippen LogP contribution in [-0.2, 0) is 0 Å². The van der Waals surface area contributed by atoms with E-state index >= 15 is 0 Å². The molecule has 3 aromatic rings. The lowest BCUT2D eigenvalue weighted by Crippen LogP contribution is -2.47. The molecule has 1 saturated carbocycles. The van der Waals surface area contributed by atoms with Crippen LogP contribution < -0.4 is 5.32 Å². The molecule has 4 rings (SSSR count). The Morgan fingerprint density at radius 1 is 1.08 bits per heavy atom. The van der Waals surface area contributed by atoms with Crippen molar-refractivity contribution in [1.29, 1.82) is 0 Å². The normalized spacial score (nSPS) is 15.3. The first-order valence-electron chi connectivity index (χ1n) is 8.73. The molecule has 0 radical (unpaired) electrons. The van der Waals surface area contributed by atoms with Crippen molar-refractivity contribution in [2.75, 3.05) is 6.54 Å². The molecule has 0 atom stereocenters. The van der Waals surface area contributed by atoms with Gasteiger partial charge in [-0.3, -0.25) is 4.79 Å². The van der Waals surface area contributed by atoms with Crippen LogP contribution in [0.2, 0.25) is 0 Å². The van der Waals surface area contributed by atoms with E-state index in [2.05, 4.69) is 15.4 Å². The minimum atomic E-state index is -0.778. The van der Waals surface area contributed by atoms with Gasteiger partial charge in [0, 0.05) is 12.1 Å². The Bertz CT molecular complexity index is 845. The molecule has 1 aliphatic rings. The predicted molar refractivity (Wildman–Crippen MR) is 97.9 cm³/mol. The van der Waals surface area contributed by atoms with Gasteiger partial charge in [-0.1, -0.05) is 48.5 Å². The summed E-state index contributed by atoms with van der Waals surface area (Å²) < 4.78 is 1.67. The highest BCUT2D eigenvalue weighted by atomic mass is 16.3. The lowest BCUT2D eigenvalue weighted by molar-refractivity contribution is -0.0301. The average molecular weight is 348 g/mol. The molecule has 0 unspecified atom stereocenters. The van der Waals surface area contributed by atoms with Gasteiger partial charge in [-0.05, 0) is 31.4 Å². The van der Waals surface area contributed by atoms with Crippen LogP contribution in [0.3, 0.4) is 0 Å². The molecule has 1 amide bonds. The second-order valence-corrected chi connectivity index (χ2v) is 6.63. The molecule has 2 N–H and O–H groups in total. The van der Waals surface area contributed by atoms with Gasteiger partial charge < -0.3 is 10.4 Å². The molecule has 1 aliphatic carbocycles. The van der Waals surface area contributed by atoms with Crippen molar-refractivity contribution in [3.8, 4) is 17.1 Å². The molecule has 132 valence electrons. The van der Waals surface area contributed by atoms with Crippen molar-refractivity contribution < 1.29 is 9.90 Å². The van der Waals surface area contributed by atoms with E-state index in [1.165, 1.54) is 0 Å². The lowest BCUT2D eigenvalue weighted by atomic mass is 9.80. The number of rotatable bonds is 5. The molecule has 0 bridgehead atoms. The van der Waals surface area contributed by atoms with Crippen molar-refractivity contribution >= 4 is 5.91 Å². The number of hydrogen-bond donors (Lipinski definition) is 2. The first kappa shape index (κ1) is 16.5. The molecular weight excluding hydrogens is 328 g/mol. The van der Waals surface area contributed by atoms with Crippen molar-refractivity contribution in [2.24, 2.45) is 0 Å². The van der Waals surface area contributed by atoms with Gasteiger partial charge in [-0.2, -0.15) is 0 Å². The first-order chi connectivity index (χ1) is 12.6. The number of benzene rings is 2. The number of aromatic nitrogens is 3. The molecule has 6 nitrogen and oxygen atoms in total. The number of nitrogens with zero attached hydrogens (tertiary/aromatic N) is 3. The van der Waals surface area contributed by atoms with Gasteiger partial charge in [-0.15, -0.1) is 5.10 Å². The highest BCUT2D eigenvalue weighted by molar-refractivity contribution is 5.91. The largest absolute Gasteiger partial charge is 0.388 e.